The van der Waals surface area contributed by atoms with Crippen LogP contribution < -0.4 is 15.0 Å². The number of carbonyl (C=O) groups is 1. The molecule has 6 nitrogen and oxygen atoms in total. The third kappa shape index (κ3) is 3.95. The average Bonchev–Trinajstić information content (AvgIpc) is 2.68. The highest BCUT2D eigenvalue weighted by Gasteiger charge is 2.20. The van der Waals surface area contributed by atoms with Crippen LogP contribution in [0.15, 0.2) is 42.5 Å². The molecule has 0 aliphatic heterocycles. The molecule has 140 valence electrons. The summed E-state index contributed by atoms with van der Waals surface area (Å²) < 4.78 is 5.14. The predicted octanol–water partition coefficient (Wildman–Crippen LogP) is 4.39. The van der Waals surface area contributed by atoms with Gasteiger partial charge in [-0.1, -0.05) is 23.7 Å². The smallest absolute Gasteiger partial charge is 0.278 e. The molecule has 2 aromatic carbocycles. The Morgan fingerprint density at radius 3 is 2.37 bits per heavy atom. The molecule has 0 fully saturated rings. The lowest BCUT2D eigenvalue weighted by Crippen LogP contribution is -2.27. The first kappa shape index (κ1) is 18.9. The summed E-state index contributed by atoms with van der Waals surface area (Å²) in [6.45, 7) is 5.48. The summed E-state index contributed by atoms with van der Waals surface area (Å²) in [5, 5.41) is 3.27. The summed E-state index contributed by atoms with van der Waals surface area (Å²) in [6, 6.07) is 12.6. The zero-order valence-electron chi connectivity index (χ0n) is 15.5. The second kappa shape index (κ2) is 8.22. The maximum Gasteiger partial charge on any atom is 0.278 e. The highest BCUT2D eigenvalue weighted by atomic mass is 35.5. The van der Waals surface area contributed by atoms with Crippen LogP contribution in [0.2, 0.25) is 5.02 Å². The minimum atomic E-state index is -0.337. The summed E-state index contributed by atoms with van der Waals surface area (Å²) >= 11 is 6.15. The van der Waals surface area contributed by atoms with Gasteiger partial charge in [-0.15, -0.1) is 0 Å². The maximum absolute atomic E-state index is 13.0. The van der Waals surface area contributed by atoms with Crippen LogP contribution in [0, 0.1) is 0 Å². The van der Waals surface area contributed by atoms with E-state index >= 15 is 0 Å². The molecule has 7 heteroatoms. The van der Waals surface area contributed by atoms with Gasteiger partial charge in [0, 0.05) is 18.8 Å². The van der Waals surface area contributed by atoms with E-state index in [-0.39, 0.29) is 11.6 Å². The van der Waals surface area contributed by atoms with Crippen molar-refractivity contribution in [3.63, 3.8) is 0 Å². The standard InChI is InChI=1S/C20H21ClN4O2/c1-4-25(5-2)19-18(23-15-8-6-7-9-16(15)24-19)20(26)22-13-10-11-17(27-3)14(21)12-13/h6-12H,4-5H2,1-3H3,(H,22,26). The van der Waals surface area contributed by atoms with E-state index in [4.69, 9.17) is 16.3 Å². The van der Waals surface area contributed by atoms with Crippen LogP contribution in [0.5, 0.6) is 5.75 Å². The van der Waals surface area contributed by atoms with E-state index in [9.17, 15) is 4.79 Å². The third-order valence-electron chi connectivity index (χ3n) is 4.24. The second-order valence-electron chi connectivity index (χ2n) is 5.86. The van der Waals surface area contributed by atoms with Gasteiger partial charge < -0.3 is 15.0 Å². The molecule has 1 N–H and O–H groups in total. The van der Waals surface area contributed by atoms with Crippen molar-refractivity contribution in [1.82, 2.24) is 9.97 Å². The Bertz CT molecular complexity index is 973. The van der Waals surface area contributed by atoms with Crippen molar-refractivity contribution in [1.29, 1.82) is 0 Å². The van der Waals surface area contributed by atoms with Crippen molar-refractivity contribution in [3.05, 3.63) is 53.2 Å². The number of anilines is 2. The number of rotatable bonds is 6. The van der Waals surface area contributed by atoms with E-state index in [1.807, 2.05) is 43.0 Å². The van der Waals surface area contributed by atoms with E-state index in [1.54, 1.807) is 25.3 Å². The van der Waals surface area contributed by atoms with Crippen molar-refractivity contribution in [2.24, 2.45) is 0 Å². The lowest BCUT2D eigenvalue weighted by molar-refractivity contribution is 0.102. The van der Waals surface area contributed by atoms with Crippen LogP contribution in [0.4, 0.5) is 11.5 Å². The fraction of sp³-hybridized carbons (Fsp3) is 0.250. The quantitative estimate of drug-likeness (QED) is 0.682. The first-order valence-corrected chi connectivity index (χ1v) is 9.11. The number of nitrogens with zero attached hydrogens (tertiary/aromatic N) is 3. The molecule has 0 bridgehead atoms. The van der Waals surface area contributed by atoms with Crippen LogP contribution in [-0.4, -0.2) is 36.1 Å². The molecule has 0 atom stereocenters. The molecule has 1 heterocycles. The normalized spacial score (nSPS) is 10.7. The van der Waals surface area contributed by atoms with Gasteiger partial charge in [0.2, 0.25) is 0 Å². The summed E-state index contributed by atoms with van der Waals surface area (Å²) in [5.41, 5.74) is 2.27. The van der Waals surface area contributed by atoms with Gasteiger partial charge in [-0.3, -0.25) is 4.79 Å². The van der Waals surface area contributed by atoms with Gasteiger partial charge in [0.25, 0.3) is 5.91 Å². The summed E-state index contributed by atoms with van der Waals surface area (Å²) in [5.74, 6) is 0.774. The number of halogens is 1. The summed E-state index contributed by atoms with van der Waals surface area (Å²) in [4.78, 5) is 24.2. The van der Waals surface area contributed by atoms with Crippen LogP contribution >= 0.6 is 11.6 Å². The molecular weight excluding hydrogens is 364 g/mol. The average molecular weight is 385 g/mol. The molecule has 27 heavy (non-hydrogen) atoms. The third-order valence-corrected chi connectivity index (χ3v) is 4.54. The van der Waals surface area contributed by atoms with Crippen molar-refractivity contribution in [2.45, 2.75) is 13.8 Å². The zero-order valence-corrected chi connectivity index (χ0v) is 16.2. The SMILES string of the molecule is CCN(CC)c1nc2ccccc2nc1C(=O)Nc1ccc(OC)c(Cl)c1. The molecule has 0 aliphatic rings. The Kier molecular flexibility index (Phi) is 5.76. The van der Waals surface area contributed by atoms with Crippen LogP contribution in [0.25, 0.3) is 11.0 Å². The molecule has 3 aromatic rings. The Morgan fingerprint density at radius 2 is 1.78 bits per heavy atom. The number of ether oxygens (including phenoxy) is 1. The monoisotopic (exact) mass is 384 g/mol. The number of methoxy groups -OCH3 is 1. The van der Waals surface area contributed by atoms with Gasteiger partial charge in [0.15, 0.2) is 11.5 Å². The Balaban J connectivity index is 2.01. The maximum atomic E-state index is 13.0. The van der Waals surface area contributed by atoms with Gasteiger partial charge in [0.05, 0.1) is 23.2 Å². The van der Waals surface area contributed by atoms with Gasteiger partial charge in [0.1, 0.15) is 5.75 Å². The number of nitrogens with one attached hydrogen (secondary N) is 1. The first-order valence-electron chi connectivity index (χ1n) is 8.74. The van der Waals surface area contributed by atoms with Gasteiger partial charge in [-0.25, -0.2) is 9.97 Å². The highest BCUT2D eigenvalue weighted by Crippen LogP contribution is 2.28. The number of benzene rings is 2. The van der Waals surface area contributed by atoms with Gasteiger partial charge in [-0.05, 0) is 44.2 Å². The number of hydrogen-bond acceptors (Lipinski definition) is 5. The van der Waals surface area contributed by atoms with Crippen molar-refractivity contribution in [3.8, 4) is 5.75 Å². The van der Waals surface area contributed by atoms with Crippen molar-refractivity contribution < 1.29 is 9.53 Å². The minimum absolute atomic E-state index is 0.282. The molecule has 0 spiro atoms. The molecule has 3 rings (SSSR count). The Morgan fingerprint density at radius 1 is 1.11 bits per heavy atom. The lowest BCUT2D eigenvalue weighted by Gasteiger charge is -2.22. The number of amides is 1. The molecule has 0 unspecified atom stereocenters. The number of para-hydroxylation sites is 2. The number of hydrogen-bond donors (Lipinski definition) is 1. The first-order chi connectivity index (χ1) is 13.1. The van der Waals surface area contributed by atoms with E-state index in [1.165, 1.54) is 0 Å². The van der Waals surface area contributed by atoms with E-state index in [0.29, 0.717) is 27.8 Å². The summed E-state index contributed by atoms with van der Waals surface area (Å²) in [7, 11) is 1.54. The van der Waals surface area contributed by atoms with E-state index < -0.39 is 0 Å². The topological polar surface area (TPSA) is 67.4 Å². The van der Waals surface area contributed by atoms with Crippen LogP contribution in [-0.2, 0) is 0 Å². The Hall–Kier alpha value is -2.86. The highest BCUT2D eigenvalue weighted by molar-refractivity contribution is 6.32. The zero-order chi connectivity index (χ0) is 19.4. The molecule has 0 radical (unpaired) electrons. The fourth-order valence-electron chi connectivity index (χ4n) is 2.82. The molecule has 0 saturated carbocycles. The van der Waals surface area contributed by atoms with E-state index in [2.05, 4.69) is 15.3 Å². The van der Waals surface area contributed by atoms with Crippen molar-refractivity contribution in [2.75, 3.05) is 30.4 Å². The molecule has 0 saturated heterocycles. The second-order valence-corrected chi connectivity index (χ2v) is 6.27. The van der Waals surface area contributed by atoms with Crippen molar-refractivity contribution >= 4 is 40.0 Å². The van der Waals surface area contributed by atoms with Gasteiger partial charge >= 0.3 is 0 Å². The molecule has 1 aromatic heterocycles. The van der Waals surface area contributed by atoms with Crippen LogP contribution in [0.1, 0.15) is 24.3 Å². The fourth-order valence-corrected chi connectivity index (χ4v) is 3.08. The summed E-state index contributed by atoms with van der Waals surface area (Å²) in [6.07, 6.45) is 0. The number of aromatic nitrogens is 2. The Labute approximate surface area is 163 Å². The largest absolute Gasteiger partial charge is 0.495 e. The van der Waals surface area contributed by atoms with Gasteiger partial charge in [-0.2, -0.15) is 0 Å². The van der Waals surface area contributed by atoms with E-state index in [0.717, 1.165) is 18.6 Å². The minimum Gasteiger partial charge on any atom is -0.495 e. The van der Waals surface area contributed by atoms with Crippen LogP contribution in [0.3, 0.4) is 0 Å². The number of carbonyl (C=O) groups excluding carboxylic acids is 1. The predicted molar refractivity (Wildman–Crippen MR) is 109 cm³/mol. The number of fused-ring (bicyclic) bond motifs is 1. The molecule has 1 amide bonds. The molecule has 0 aliphatic carbocycles. The lowest BCUT2D eigenvalue weighted by atomic mass is 10.2. The molecular formula is C20H21ClN4O2.